The van der Waals surface area contributed by atoms with Crippen molar-refractivity contribution in [2.45, 2.75) is 83.1 Å². The molecule has 0 bridgehead atoms. The average Bonchev–Trinajstić information content (AvgIpc) is 4.38. The van der Waals surface area contributed by atoms with E-state index in [1.807, 2.05) is 11.3 Å². The Morgan fingerprint density at radius 1 is 0.377 bits per heavy atom. The van der Waals surface area contributed by atoms with E-state index in [-0.39, 0.29) is 20.1 Å². The van der Waals surface area contributed by atoms with Crippen LogP contribution in [0.4, 0.5) is 0 Å². The van der Waals surface area contributed by atoms with Crippen molar-refractivity contribution in [1.29, 1.82) is 0 Å². The Labute approximate surface area is 466 Å². The van der Waals surface area contributed by atoms with Gasteiger partial charge in [0.05, 0.1) is 0 Å². The number of benzene rings is 8. The number of aryl methyl sites for hydroxylation is 12. The van der Waals surface area contributed by atoms with Crippen molar-refractivity contribution in [3.8, 4) is 22.3 Å². The molecule has 0 unspecified atom stereocenters. The van der Waals surface area contributed by atoms with Gasteiger partial charge in [0.1, 0.15) is 10.8 Å². The molecular weight excluding hydrogens is 968 g/mol. The van der Waals surface area contributed by atoms with Crippen LogP contribution < -0.4 is 53.3 Å². The molecule has 0 amide bonds. The van der Waals surface area contributed by atoms with Crippen molar-refractivity contribution in [2.24, 2.45) is 0 Å². The SMILES string of the molecule is Cc1cc(C)c(B(c2cnc(/C(OB3c4ccccc4-c4ccccc43)=C(/B3c4ccccc4-c4ccccc43)c3ncc(B(c4c(C)cc(C)cc4C)c4c(C)cc(C)cc4C)s3)s2)c2c(C)cc(C)cc2C)c(C)c1. The number of hydrogen-bond acceptors (Lipinski definition) is 5. The molecule has 0 radical (unpaired) electrons. The van der Waals surface area contributed by atoms with Gasteiger partial charge in [-0.05, 0) is 116 Å². The summed E-state index contributed by atoms with van der Waals surface area (Å²) in [5.74, 6) is 0.769. The first-order valence-electron chi connectivity index (χ1n) is 27.2. The summed E-state index contributed by atoms with van der Waals surface area (Å²) in [7, 11) is 0. The van der Waals surface area contributed by atoms with Crippen molar-refractivity contribution >= 4 is 114 Å². The highest BCUT2D eigenvalue weighted by Gasteiger charge is 2.44. The van der Waals surface area contributed by atoms with Crippen LogP contribution in [0.3, 0.4) is 0 Å². The van der Waals surface area contributed by atoms with Gasteiger partial charge < -0.3 is 4.65 Å². The number of fused-ring (bicyclic) bond motifs is 6. The zero-order valence-corrected chi connectivity index (χ0v) is 48.1. The largest absolute Gasteiger partial charge is 0.550 e. The second-order valence-electron chi connectivity index (χ2n) is 22.3. The minimum Gasteiger partial charge on any atom is -0.550 e. The topological polar surface area (TPSA) is 35.0 Å². The molecule has 0 saturated carbocycles. The maximum Gasteiger partial charge on any atom is 0.427 e. The third-order valence-corrected chi connectivity index (χ3v) is 18.7. The first kappa shape index (κ1) is 50.6. The smallest absolute Gasteiger partial charge is 0.427 e. The van der Waals surface area contributed by atoms with Gasteiger partial charge in [0, 0.05) is 27.4 Å². The molecule has 2 aliphatic rings. The second kappa shape index (κ2) is 20.0. The molecule has 0 spiro atoms. The van der Waals surface area contributed by atoms with Crippen LogP contribution >= 0.6 is 22.7 Å². The molecule has 0 fully saturated rings. The van der Waals surface area contributed by atoms with Gasteiger partial charge in [-0.15, -0.1) is 22.7 Å². The van der Waals surface area contributed by atoms with E-state index in [1.54, 1.807) is 11.3 Å². The van der Waals surface area contributed by atoms with Crippen LogP contribution in [0.15, 0.2) is 158 Å². The number of thiazole rings is 2. The van der Waals surface area contributed by atoms with E-state index in [2.05, 4.69) is 241 Å². The van der Waals surface area contributed by atoms with E-state index in [0.717, 1.165) is 32.2 Å². The first-order chi connectivity index (χ1) is 37.1. The molecule has 0 atom stereocenters. The van der Waals surface area contributed by atoms with Crippen LogP contribution in [0.2, 0.25) is 0 Å². The fraction of sp³-hybridized carbons (Fsp3) is 0.176. The maximum absolute atomic E-state index is 8.08. The highest BCUT2D eigenvalue weighted by molar-refractivity contribution is 7.30. The summed E-state index contributed by atoms with van der Waals surface area (Å²) in [5.41, 5.74) is 31.5. The van der Waals surface area contributed by atoms with Gasteiger partial charge in [0.15, 0.2) is 5.01 Å². The molecule has 77 heavy (non-hydrogen) atoms. The van der Waals surface area contributed by atoms with E-state index < -0.39 is 6.92 Å². The lowest BCUT2D eigenvalue weighted by Crippen LogP contribution is -2.55. The van der Waals surface area contributed by atoms with Crippen molar-refractivity contribution < 1.29 is 4.65 Å². The average molecular weight is 1030 g/mol. The predicted octanol–water partition coefficient (Wildman–Crippen LogP) is 9.83. The van der Waals surface area contributed by atoms with Crippen molar-refractivity contribution in [3.05, 3.63) is 235 Å². The predicted molar refractivity (Wildman–Crippen MR) is 338 cm³/mol. The van der Waals surface area contributed by atoms with Crippen molar-refractivity contribution in [2.75, 3.05) is 0 Å². The summed E-state index contributed by atoms with van der Waals surface area (Å²) >= 11 is 3.59. The van der Waals surface area contributed by atoms with E-state index in [4.69, 9.17) is 14.6 Å². The number of nitrogens with zero attached hydrogens (tertiary/aromatic N) is 2. The quantitative estimate of drug-likeness (QED) is 0.0957. The Kier molecular flexibility index (Phi) is 13.1. The van der Waals surface area contributed by atoms with Gasteiger partial charge in [-0.1, -0.05) is 245 Å². The van der Waals surface area contributed by atoms with Crippen LogP contribution in [0, 0.1) is 83.1 Å². The maximum atomic E-state index is 8.08. The van der Waals surface area contributed by atoms with Crippen LogP contribution in [0.25, 0.3) is 33.5 Å². The minimum absolute atomic E-state index is 0.0426. The second-order valence-corrected chi connectivity index (χ2v) is 24.4. The Balaban J connectivity index is 1.17. The summed E-state index contributed by atoms with van der Waals surface area (Å²) in [5, 5.41) is 1.78. The summed E-state index contributed by atoms with van der Waals surface area (Å²) in [6, 6.07) is 54.3. The molecule has 3 nitrogen and oxygen atoms in total. The summed E-state index contributed by atoms with van der Waals surface area (Å²) in [6.45, 7) is 26.4. The molecule has 0 aliphatic carbocycles. The highest BCUT2D eigenvalue weighted by atomic mass is 32.1. The van der Waals surface area contributed by atoms with E-state index in [1.165, 1.54) is 131 Å². The monoisotopic (exact) mass is 1030 g/mol. The Morgan fingerprint density at radius 2 is 0.662 bits per heavy atom. The normalized spacial score (nSPS) is 12.6. The van der Waals surface area contributed by atoms with Crippen LogP contribution in [0.1, 0.15) is 76.8 Å². The van der Waals surface area contributed by atoms with Crippen molar-refractivity contribution in [1.82, 2.24) is 9.97 Å². The molecule has 374 valence electrons. The fourth-order valence-corrected chi connectivity index (χ4v) is 16.1. The first-order valence-corrected chi connectivity index (χ1v) is 28.8. The number of rotatable bonds is 11. The number of aromatic nitrogens is 2. The zero-order chi connectivity index (χ0) is 53.6. The Morgan fingerprint density at radius 3 is 1.01 bits per heavy atom. The molecule has 12 rings (SSSR count). The van der Waals surface area contributed by atoms with Crippen LogP contribution in [0.5, 0.6) is 0 Å². The zero-order valence-electron chi connectivity index (χ0n) is 46.4. The third-order valence-electron chi connectivity index (χ3n) is 16.5. The molecule has 4 heterocycles. The minimum atomic E-state index is -0.395. The summed E-state index contributed by atoms with van der Waals surface area (Å²) in [6.07, 6.45) is 4.34. The molecule has 9 heteroatoms. The molecule has 0 N–H and O–H groups in total. The summed E-state index contributed by atoms with van der Waals surface area (Å²) < 4.78 is 10.5. The van der Waals surface area contributed by atoms with Gasteiger partial charge in [0.25, 0.3) is 20.1 Å². The van der Waals surface area contributed by atoms with Gasteiger partial charge >= 0.3 is 6.92 Å². The van der Waals surface area contributed by atoms with E-state index in [9.17, 15) is 0 Å². The molecule has 2 aliphatic heterocycles. The summed E-state index contributed by atoms with van der Waals surface area (Å²) in [4.78, 5) is 11.3. The lowest BCUT2D eigenvalue weighted by atomic mass is 9.37. The molecular formula is C68H62B4N2OS2. The lowest BCUT2D eigenvalue weighted by Gasteiger charge is -2.24. The standard InChI is InChI=1S/C68H62B4N2OS2/c1-39-29-43(5)61(44(6)30-39)70(62-45(7)31-40(2)32-46(62)8)59-37-73-67(76-59)65(69-55-25-17-13-21-51(55)52-22-14-18-26-56(52)69)66(75-72-57-27-19-15-23-53(57)54-24-16-20-28-58(54)72)68-74-38-60(77-68)71(63-47(9)33-41(3)34-48(63)10)64-49(11)35-42(4)36-50(64)12/h13-38H,1-12H3/b66-65-. The number of hydrogen-bond donors (Lipinski definition) is 0. The van der Waals surface area contributed by atoms with E-state index >= 15 is 0 Å². The highest BCUT2D eigenvalue weighted by Crippen LogP contribution is 2.38. The van der Waals surface area contributed by atoms with Gasteiger partial charge in [-0.25, -0.2) is 9.97 Å². The van der Waals surface area contributed by atoms with Gasteiger partial charge in [-0.2, -0.15) is 0 Å². The fourth-order valence-electron chi connectivity index (χ4n) is 13.9. The molecule has 2 aromatic heterocycles. The Bertz CT molecular complexity index is 3750. The molecule has 0 saturated heterocycles. The van der Waals surface area contributed by atoms with Gasteiger partial charge in [0.2, 0.25) is 0 Å². The van der Waals surface area contributed by atoms with Crippen LogP contribution in [-0.4, -0.2) is 37.0 Å². The van der Waals surface area contributed by atoms with Crippen molar-refractivity contribution in [3.63, 3.8) is 0 Å². The van der Waals surface area contributed by atoms with Crippen LogP contribution in [-0.2, 0) is 4.65 Å². The molecule has 8 aromatic carbocycles. The third kappa shape index (κ3) is 8.80. The van der Waals surface area contributed by atoms with E-state index in [0.29, 0.717) is 0 Å². The molecule has 10 aromatic rings. The van der Waals surface area contributed by atoms with Gasteiger partial charge in [-0.3, -0.25) is 0 Å². The lowest BCUT2D eigenvalue weighted by molar-refractivity contribution is 0.551. The Hall–Kier alpha value is -7.18.